The van der Waals surface area contributed by atoms with Crippen LogP contribution in [0.4, 0.5) is 17.6 Å². The minimum Gasteiger partial charge on any atom is -0.495 e. The van der Waals surface area contributed by atoms with Crippen LogP contribution in [-0.4, -0.2) is 77.4 Å². The molecule has 1 aromatic carbocycles. The molecule has 0 aliphatic heterocycles. The van der Waals surface area contributed by atoms with Gasteiger partial charge in [0, 0.05) is 32.0 Å². The van der Waals surface area contributed by atoms with E-state index in [1.807, 2.05) is 0 Å². The van der Waals surface area contributed by atoms with Crippen molar-refractivity contribution in [1.29, 1.82) is 0 Å². The monoisotopic (exact) mass is 549 g/mol. The molecule has 0 radical (unpaired) electrons. The lowest BCUT2D eigenvalue weighted by Crippen LogP contribution is -2.49. The molecule has 0 saturated heterocycles. The van der Waals surface area contributed by atoms with E-state index in [2.05, 4.69) is 4.98 Å². The van der Waals surface area contributed by atoms with E-state index in [9.17, 15) is 35.9 Å². The van der Waals surface area contributed by atoms with Gasteiger partial charge in [0.05, 0.1) is 23.6 Å². The first-order valence-corrected chi connectivity index (χ1v) is 13.8. The SMILES string of the molecule is CCN(CC1(O)CCC(S(C)(=O)=O)CC1)C(=O)c1cn(-c2ccc(CCC(F)(F)F)cc2OC)c(F)n1. The number of benzene rings is 1. The molecule has 0 unspecified atom stereocenters. The van der Waals surface area contributed by atoms with Crippen LogP contribution in [0.25, 0.3) is 5.69 Å². The van der Waals surface area contributed by atoms with E-state index in [4.69, 9.17) is 4.74 Å². The van der Waals surface area contributed by atoms with E-state index in [1.165, 1.54) is 36.5 Å². The van der Waals surface area contributed by atoms with E-state index in [0.717, 1.165) is 10.8 Å². The summed E-state index contributed by atoms with van der Waals surface area (Å²) in [6, 6.07) is 4.19. The number of nitrogens with zero attached hydrogens (tertiary/aromatic N) is 3. The number of amides is 1. The number of halogens is 4. The van der Waals surface area contributed by atoms with Gasteiger partial charge in [0.15, 0.2) is 0 Å². The number of alkyl halides is 3. The van der Waals surface area contributed by atoms with Crippen LogP contribution in [0.15, 0.2) is 24.4 Å². The van der Waals surface area contributed by atoms with Crippen LogP contribution in [-0.2, 0) is 16.3 Å². The molecule has 1 fully saturated rings. The lowest BCUT2D eigenvalue weighted by molar-refractivity contribution is -0.134. The van der Waals surface area contributed by atoms with Crippen LogP contribution < -0.4 is 4.74 Å². The summed E-state index contributed by atoms with van der Waals surface area (Å²) in [5, 5.41) is 10.5. The number of carbonyl (C=O) groups is 1. The smallest absolute Gasteiger partial charge is 0.389 e. The summed E-state index contributed by atoms with van der Waals surface area (Å²) in [5.74, 6) is -0.515. The van der Waals surface area contributed by atoms with E-state index < -0.39 is 45.3 Å². The summed E-state index contributed by atoms with van der Waals surface area (Å²) >= 11 is 0. The third-order valence-corrected chi connectivity index (χ3v) is 8.39. The van der Waals surface area contributed by atoms with Gasteiger partial charge in [-0.1, -0.05) is 6.07 Å². The molecule has 0 bridgehead atoms. The number of rotatable bonds is 9. The quantitative estimate of drug-likeness (QED) is 0.479. The first-order valence-electron chi connectivity index (χ1n) is 11.9. The minimum absolute atomic E-state index is 0.0650. The highest BCUT2D eigenvalue weighted by Crippen LogP contribution is 2.33. The molecule has 206 valence electrons. The Labute approximate surface area is 213 Å². The molecule has 2 aromatic rings. The highest BCUT2D eigenvalue weighted by Gasteiger charge is 2.39. The van der Waals surface area contributed by atoms with Gasteiger partial charge in [0.25, 0.3) is 12.0 Å². The van der Waals surface area contributed by atoms with Gasteiger partial charge in [-0.2, -0.15) is 22.5 Å². The molecule has 0 spiro atoms. The first-order chi connectivity index (χ1) is 17.2. The second-order valence-electron chi connectivity index (χ2n) is 9.46. The Morgan fingerprint density at radius 2 is 1.95 bits per heavy atom. The zero-order valence-electron chi connectivity index (χ0n) is 20.9. The van der Waals surface area contributed by atoms with Crippen molar-refractivity contribution < 1.29 is 40.6 Å². The molecule has 1 amide bonds. The van der Waals surface area contributed by atoms with Crippen molar-refractivity contribution in [2.45, 2.75) is 62.5 Å². The predicted molar refractivity (Wildman–Crippen MR) is 128 cm³/mol. The molecular weight excluding hydrogens is 518 g/mol. The normalized spacial score (nSPS) is 20.6. The Kier molecular flexibility index (Phi) is 8.57. The number of imidazole rings is 1. The molecule has 1 saturated carbocycles. The van der Waals surface area contributed by atoms with Gasteiger partial charge in [-0.05, 0) is 56.7 Å². The van der Waals surface area contributed by atoms with Crippen LogP contribution in [0.2, 0.25) is 0 Å². The number of sulfone groups is 1. The summed E-state index contributed by atoms with van der Waals surface area (Å²) in [4.78, 5) is 18.2. The van der Waals surface area contributed by atoms with Crippen molar-refractivity contribution in [3.8, 4) is 11.4 Å². The zero-order chi connectivity index (χ0) is 27.6. The molecule has 1 heterocycles. The van der Waals surface area contributed by atoms with Gasteiger partial charge >= 0.3 is 6.18 Å². The standard InChI is InChI=1S/C24H31F4N3O5S/c1-4-30(15-23(33)10-8-17(9-11-23)37(3,34)35)21(32)18-14-31(22(25)29-18)19-6-5-16(13-20(19)36-2)7-12-24(26,27)28/h5-6,13-14,17,33H,4,7-12,15H2,1-3H3. The highest BCUT2D eigenvalue weighted by molar-refractivity contribution is 7.91. The fraction of sp³-hybridized carbons (Fsp3) is 0.583. The lowest BCUT2D eigenvalue weighted by atomic mass is 9.84. The third kappa shape index (κ3) is 7.22. The lowest BCUT2D eigenvalue weighted by Gasteiger charge is -2.38. The second-order valence-corrected chi connectivity index (χ2v) is 11.8. The Bertz CT molecular complexity index is 1220. The average molecular weight is 550 g/mol. The number of methoxy groups -OCH3 is 1. The van der Waals surface area contributed by atoms with E-state index >= 15 is 0 Å². The maximum atomic E-state index is 14.8. The van der Waals surface area contributed by atoms with Gasteiger partial charge in [0.1, 0.15) is 21.3 Å². The summed E-state index contributed by atoms with van der Waals surface area (Å²) in [6.45, 7) is 1.83. The maximum absolute atomic E-state index is 14.8. The minimum atomic E-state index is -4.32. The molecule has 37 heavy (non-hydrogen) atoms. The Balaban J connectivity index is 1.78. The van der Waals surface area contributed by atoms with Crippen LogP contribution in [0.3, 0.4) is 0 Å². The summed E-state index contributed by atoms with van der Waals surface area (Å²) in [7, 11) is -1.93. The number of likely N-dealkylation sites (N-methyl/N-ethyl adjacent to an activating group) is 1. The number of hydrogen-bond donors (Lipinski definition) is 1. The fourth-order valence-corrected chi connectivity index (χ4v) is 5.64. The van der Waals surface area contributed by atoms with E-state index in [-0.39, 0.29) is 62.3 Å². The van der Waals surface area contributed by atoms with Crippen LogP contribution in [0, 0.1) is 6.08 Å². The van der Waals surface area contributed by atoms with Gasteiger partial charge in [0.2, 0.25) is 0 Å². The molecule has 1 aliphatic carbocycles. The van der Waals surface area contributed by atoms with Gasteiger partial charge in [-0.25, -0.2) is 8.42 Å². The van der Waals surface area contributed by atoms with Crippen LogP contribution in [0.1, 0.15) is 55.1 Å². The van der Waals surface area contributed by atoms with Gasteiger partial charge in [-0.15, -0.1) is 0 Å². The Morgan fingerprint density at radius 3 is 2.49 bits per heavy atom. The molecule has 1 N–H and O–H groups in total. The Hall–Kier alpha value is -2.67. The van der Waals surface area contributed by atoms with Gasteiger partial charge < -0.3 is 14.7 Å². The summed E-state index contributed by atoms with van der Waals surface area (Å²) in [6.07, 6.45) is -3.32. The summed E-state index contributed by atoms with van der Waals surface area (Å²) in [5.41, 5.74) is -0.992. The maximum Gasteiger partial charge on any atom is 0.389 e. The molecule has 13 heteroatoms. The Morgan fingerprint density at radius 1 is 1.30 bits per heavy atom. The highest BCUT2D eigenvalue weighted by atomic mass is 32.2. The van der Waals surface area contributed by atoms with Crippen molar-refractivity contribution in [3.05, 3.63) is 41.7 Å². The molecule has 0 atom stereocenters. The van der Waals surface area contributed by atoms with Gasteiger partial charge in [-0.3, -0.25) is 9.36 Å². The number of aryl methyl sites for hydroxylation is 1. The topological polar surface area (TPSA) is 102 Å². The first kappa shape index (κ1) is 28.9. The molecule has 3 rings (SSSR count). The van der Waals surface area contributed by atoms with Crippen molar-refractivity contribution >= 4 is 15.7 Å². The summed E-state index contributed by atoms with van der Waals surface area (Å²) < 4.78 is 82.3. The van der Waals surface area contributed by atoms with Crippen molar-refractivity contribution in [1.82, 2.24) is 14.5 Å². The molecule has 1 aliphatic rings. The third-order valence-electron chi connectivity index (χ3n) is 6.71. The van der Waals surface area contributed by atoms with Crippen molar-refractivity contribution in [3.63, 3.8) is 0 Å². The molecule has 1 aromatic heterocycles. The average Bonchev–Trinajstić information content (AvgIpc) is 3.21. The van der Waals surface area contributed by atoms with E-state index in [0.29, 0.717) is 5.56 Å². The van der Waals surface area contributed by atoms with E-state index in [1.54, 1.807) is 6.92 Å². The number of ether oxygens (including phenoxy) is 1. The van der Waals surface area contributed by atoms with Crippen LogP contribution in [0.5, 0.6) is 5.75 Å². The van der Waals surface area contributed by atoms with Crippen molar-refractivity contribution in [2.24, 2.45) is 0 Å². The van der Waals surface area contributed by atoms with Crippen LogP contribution >= 0.6 is 0 Å². The number of carbonyl (C=O) groups excluding carboxylic acids is 1. The zero-order valence-corrected chi connectivity index (χ0v) is 21.7. The van der Waals surface area contributed by atoms with Crippen molar-refractivity contribution in [2.75, 3.05) is 26.5 Å². The second kappa shape index (κ2) is 11.0. The predicted octanol–water partition coefficient (Wildman–Crippen LogP) is 3.70. The fourth-order valence-electron chi connectivity index (χ4n) is 4.55. The molecular formula is C24H31F4N3O5S. The molecule has 8 nitrogen and oxygen atoms in total. The number of hydrogen-bond acceptors (Lipinski definition) is 6. The largest absolute Gasteiger partial charge is 0.495 e. The number of aromatic nitrogens is 2. The number of aliphatic hydroxyl groups is 1.